The Morgan fingerprint density at radius 3 is 2.34 bits per heavy atom. The summed E-state index contributed by atoms with van der Waals surface area (Å²) in [5.41, 5.74) is 6.82. The van der Waals surface area contributed by atoms with Gasteiger partial charge in [-0.2, -0.15) is 0 Å². The summed E-state index contributed by atoms with van der Waals surface area (Å²) in [5, 5.41) is 3.57. The molecule has 164 valence electrons. The van der Waals surface area contributed by atoms with Gasteiger partial charge in [-0.05, 0) is 99.1 Å². The van der Waals surface area contributed by atoms with Crippen LogP contribution in [0.2, 0.25) is 0 Å². The van der Waals surface area contributed by atoms with E-state index in [-0.39, 0.29) is 13.1 Å². The summed E-state index contributed by atoms with van der Waals surface area (Å²) in [6.45, 7) is 8.82. The smallest absolute Gasteiger partial charge is 0.204 e. The van der Waals surface area contributed by atoms with E-state index in [0.717, 1.165) is 17.8 Å². The van der Waals surface area contributed by atoms with Crippen LogP contribution in [0.25, 0.3) is 0 Å². The van der Waals surface area contributed by atoms with Gasteiger partial charge in [0.05, 0.1) is 6.67 Å². The summed E-state index contributed by atoms with van der Waals surface area (Å²) >= 11 is 0. The first-order valence-electron chi connectivity index (χ1n) is 11.4. The summed E-state index contributed by atoms with van der Waals surface area (Å²) in [7, 11) is 0. The van der Waals surface area contributed by atoms with E-state index in [0.29, 0.717) is 10.8 Å². The van der Waals surface area contributed by atoms with E-state index < -0.39 is 0 Å². The number of hydrogen-bond donors (Lipinski definition) is 2. The molecule has 2 saturated carbocycles. The minimum Gasteiger partial charge on any atom is -0.372 e. The van der Waals surface area contributed by atoms with Crippen molar-refractivity contribution in [2.24, 2.45) is 28.9 Å². The lowest BCUT2D eigenvalue weighted by molar-refractivity contribution is -0.106. The van der Waals surface area contributed by atoms with Gasteiger partial charge < -0.3 is 11.1 Å². The number of benzene rings is 1. The Labute approximate surface area is 177 Å². The summed E-state index contributed by atoms with van der Waals surface area (Å²) in [4.78, 5) is 8.58. The molecule has 1 aromatic rings. The number of carbonyl (C=O) groups excluding carboxylic acids is 1. The maximum absolute atomic E-state index is 10.3. The molecule has 3 N–H and O–H groups in total. The molecule has 1 saturated heterocycles. The van der Waals surface area contributed by atoms with Crippen molar-refractivity contribution >= 4 is 6.41 Å². The Hall–Kier alpha value is -1.42. The van der Waals surface area contributed by atoms with Crippen molar-refractivity contribution < 1.29 is 9.18 Å². The molecule has 4 atom stereocenters. The number of piperidine rings is 1. The van der Waals surface area contributed by atoms with Gasteiger partial charge in [-0.15, -0.1) is 0 Å². The van der Waals surface area contributed by atoms with Gasteiger partial charge in [0.15, 0.2) is 0 Å². The predicted molar refractivity (Wildman–Crippen MR) is 119 cm³/mol. The van der Waals surface area contributed by atoms with Crippen molar-refractivity contribution in [1.82, 2.24) is 5.32 Å². The third-order valence-corrected chi connectivity index (χ3v) is 7.36. The monoisotopic (exact) mass is 404 g/mol. The number of carbonyl (C=O) groups is 1. The van der Waals surface area contributed by atoms with Crippen LogP contribution < -0.4 is 11.1 Å². The van der Waals surface area contributed by atoms with E-state index >= 15 is 0 Å². The van der Waals surface area contributed by atoms with E-state index in [9.17, 15) is 4.39 Å². The molecule has 4 heteroatoms. The van der Waals surface area contributed by atoms with Gasteiger partial charge in [0.1, 0.15) is 0 Å². The quantitative estimate of drug-likeness (QED) is 0.663. The molecule has 29 heavy (non-hydrogen) atoms. The van der Waals surface area contributed by atoms with Gasteiger partial charge >= 0.3 is 0 Å². The molecule has 1 amide bonds. The molecule has 3 nitrogen and oxygen atoms in total. The number of nitrogens with two attached hydrogens (primary N) is 1. The molecule has 1 aliphatic heterocycles. The summed E-state index contributed by atoms with van der Waals surface area (Å²) in [5.74, 6) is 2.78. The molecule has 3 fully saturated rings. The van der Waals surface area contributed by atoms with Crippen LogP contribution in [0.4, 0.5) is 4.39 Å². The fourth-order valence-corrected chi connectivity index (χ4v) is 6.80. The molecular formula is C25H41FN2O. The van der Waals surface area contributed by atoms with Crippen LogP contribution in [0.1, 0.15) is 71.3 Å². The number of hydrogen-bond acceptors (Lipinski definition) is 2. The van der Waals surface area contributed by atoms with E-state index in [1.54, 1.807) is 5.56 Å². The van der Waals surface area contributed by atoms with Crippen molar-refractivity contribution in [2.45, 2.75) is 71.1 Å². The molecule has 4 unspecified atom stereocenters. The lowest BCUT2D eigenvalue weighted by Gasteiger charge is -2.57. The van der Waals surface area contributed by atoms with Crippen molar-refractivity contribution in [2.75, 3.05) is 19.8 Å². The molecule has 2 aliphatic carbocycles. The van der Waals surface area contributed by atoms with Gasteiger partial charge in [0.2, 0.25) is 6.41 Å². The van der Waals surface area contributed by atoms with E-state index in [1.165, 1.54) is 65.0 Å². The summed E-state index contributed by atoms with van der Waals surface area (Å²) in [6.07, 6.45) is 10.3. The Bertz CT molecular complexity index is 600. The molecule has 0 aromatic heterocycles. The summed E-state index contributed by atoms with van der Waals surface area (Å²) in [6, 6.07) is 11.5. The average Bonchev–Trinajstić information content (AvgIpc) is 2.69. The summed E-state index contributed by atoms with van der Waals surface area (Å²) < 4.78 is 10.3. The van der Waals surface area contributed by atoms with Crippen LogP contribution in [-0.4, -0.2) is 26.2 Å². The zero-order chi connectivity index (χ0) is 21.3. The normalized spacial score (nSPS) is 34.1. The van der Waals surface area contributed by atoms with Crippen molar-refractivity contribution in [3.05, 3.63) is 35.9 Å². The average molecular weight is 405 g/mol. The van der Waals surface area contributed by atoms with Crippen LogP contribution in [0.5, 0.6) is 0 Å². The minimum absolute atomic E-state index is 0.250. The molecule has 0 radical (unpaired) electrons. The number of halogens is 1. The van der Waals surface area contributed by atoms with Crippen LogP contribution in [0.3, 0.4) is 0 Å². The maximum Gasteiger partial charge on any atom is 0.204 e. The zero-order valence-electron chi connectivity index (χ0n) is 18.6. The predicted octanol–water partition coefficient (Wildman–Crippen LogP) is 5.24. The highest BCUT2D eigenvalue weighted by Gasteiger charge is 2.52. The Morgan fingerprint density at radius 2 is 1.76 bits per heavy atom. The third-order valence-electron chi connectivity index (χ3n) is 7.36. The molecule has 1 heterocycles. The first-order valence-corrected chi connectivity index (χ1v) is 11.4. The second-order valence-corrected chi connectivity index (χ2v) is 9.72. The van der Waals surface area contributed by atoms with Gasteiger partial charge in [-0.25, -0.2) is 0 Å². The first-order chi connectivity index (χ1) is 13.9. The lowest BCUT2D eigenvalue weighted by Crippen LogP contribution is -2.50. The fourth-order valence-electron chi connectivity index (χ4n) is 6.80. The van der Waals surface area contributed by atoms with Crippen LogP contribution in [-0.2, 0) is 10.2 Å². The number of primary amides is 1. The van der Waals surface area contributed by atoms with Crippen molar-refractivity contribution in [3.8, 4) is 0 Å². The van der Waals surface area contributed by atoms with E-state index in [2.05, 4.69) is 55.2 Å². The first kappa shape index (κ1) is 23.9. The number of fused-ring (bicyclic) bond motifs is 2. The molecule has 3 aliphatic rings. The van der Waals surface area contributed by atoms with E-state index in [1.807, 2.05) is 0 Å². The zero-order valence-corrected chi connectivity index (χ0v) is 18.6. The second kappa shape index (κ2) is 11.1. The SMILES string of the molecule is CC1CC2CC(c3ccccc3)(C1)CC(C)(C1CCNCC1)C2.CCF.NC=O. The number of amides is 1. The molecular weight excluding hydrogens is 363 g/mol. The fraction of sp³-hybridized carbons (Fsp3) is 0.720. The Balaban J connectivity index is 0.000000449. The number of rotatable bonds is 2. The standard InChI is InChI=1S/C22H33N.C2H5F.CH3NO/c1-17-12-18-14-21(2,19-8-10-23-11-9-19)16-22(13-17,15-18)20-6-4-3-5-7-20;1-2-3;2-1-3/h3-7,17-19,23H,8-16H2,1-2H3;2H2,1H3;1H,(H2,2,3). The van der Waals surface area contributed by atoms with Gasteiger partial charge in [-0.1, -0.05) is 44.2 Å². The van der Waals surface area contributed by atoms with Gasteiger partial charge in [0.25, 0.3) is 0 Å². The van der Waals surface area contributed by atoms with Gasteiger partial charge in [0, 0.05) is 0 Å². The van der Waals surface area contributed by atoms with E-state index in [4.69, 9.17) is 4.79 Å². The topological polar surface area (TPSA) is 55.1 Å². The van der Waals surface area contributed by atoms with Crippen LogP contribution >= 0.6 is 0 Å². The number of nitrogens with one attached hydrogen (secondary N) is 1. The molecule has 4 rings (SSSR count). The second-order valence-electron chi connectivity index (χ2n) is 9.72. The highest BCUT2D eigenvalue weighted by Crippen LogP contribution is 2.60. The van der Waals surface area contributed by atoms with Crippen LogP contribution in [0, 0.1) is 23.2 Å². The largest absolute Gasteiger partial charge is 0.372 e. The maximum atomic E-state index is 10.3. The van der Waals surface area contributed by atoms with Crippen molar-refractivity contribution in [1.29, 1.82) is 0 Å². The highest BCUT2D eigenvalue weighted by atomic mass is 19.1. The molecule has 0 spiro atoms. The highest BCUT2D eigenvalue weighted by molar-refractivity contribution is 5.42. The Kier molecular flexibility index (Phi) is 9.13. The van der Waals surface area contributed by atoms with Gasteiger partial charge in [-0.3, -0.25) is 9.18 Å². The number of alkyl halides is 1. The minimum atomic E-state index is -0.250. The molecule has 1 aromatic carbocycles. The third kappa shape index (κ3) is 6.04. The lowest BCUT2D eigenvalue weighted by atomic mass is 9.47. The van der Waals surface area contributed by atoms with Crippen molar-refractivity contribution in [3.63, 3.8) is 0 Å². The Morgan fingerprint density at radius 1 is 1.17 bits per heavy atom. The molecule has 2 bridgehead atoms. The van der Waals surface area contributed by atoms with Crippen LogP contribution in [0.15, 0.2) is 30.3 Å².